The number of hydrogen-bond donors (Lipinski definition) is 0. The van der Waals surface area contributed by atoms with E-state index in [1.807, 2.05) is 26.0 Å². The molecule has 0 atom stereocenters. The van der Waals surface area contributed by atoms with E-state index in [-0.39, 0.29) is 39.2 Å². The van der Waals surface area contributed by atoms with E-state index < -0.39 is 10.1 Å². The predicted molar refractivity (Wildman–Crippen MR) is 124 cm³/mol. The average Bonchev–Trinajstić information content (AvgIpc) is 3.54. The fraction of sp³-hybridized carbons (Fsp3) is 0.409. The molecule has 6 nitrogen and oxygen atoms in total. The molecule has 0 aromatic heterocycles. The van der Waals surface area contributed by atoms with Crippen LogP contribution in [0.5, 0.6) is 5.75 Å². The van der Waals surface area contributed by atoms with Gasteiger partial charge in [0.15, 0.2) is 0 Å². The monoisotopic (exact) mass is 484 g/mol. The van der Waals surface area contributed by atoms with Crippen molar-refractivity contribution in [1.29, 1.82) is 0 Å². The lowest BCUT2D eigenvalue weighted by Crippen LogP contribution is -2.30. The molecule has 0 aliphatic heterocycles. The standard InChI is InChI=1S/C22H26Cl2N2O4S/c1-4-25(5-2)18-7-6-16(14-26(15(3)27)17-8-9-17)22(12-18)30-31(28,29)19-10-11-20(23)21(24)13-19/h6-7,10-13,17H,4-5,8-9,14H2,1-3H3. The van der Waals surface area contributed by atoms with Gasteiger partial charge < -0.3 is 14.0 Å². The van der Waals surface area contributed by atoms with Gasteiger partial charge in [0.05, 0.1) is 10.0 Å². The summed E-state index contributed by atoms with van der Waals surface area (Å²) in [7, 11) is -4.16. The quantitative estimate of drug-likeness (QED) is 0.462. The largest absolute Gasteiger partial charge is 0.379 e. The van der Waals surface area contributed by atoms with Gasteiger partial charge in [-0.3, -0.25) is 4.79 Å². The van der Waals surface area contributed by atoms with E-state index in [1.165, 1.54) is 25.1 Å². The van der Waals surface area contributed by atoms with Crippen LogP contribution in [0, 0.1) is 0 Å². The molecule has 1 aliphatic carbocycles. The zero-order valence-corrected chi connectivity index (χ0v) is 20.1. The lowest BCUT2D eigenvalue weighted by molar-refractivity contribution is -0.130. The fourth-order valence-corrected chi connectivity index (χ4v) is 4.75. The van der Waals surface area contributed by atoms with Gasteiger partial charge in [-0.15, -0.1) is 0 Å². The summed E-state index contributed by atoms with van der Waals surface area (Å²) in [6, 6.07) is 9.68. The molecular weight excluding hydrogens is 459 g/mol. The summed E-state index contributed by atoms with van der Waals surface area (Å²) in [4.78, 5) is 15.9. The van der Waals surface area contributed by atoms with Crippen molar-refractivity contribution >= 4 is 44.9 Å². The molecular formula is C22H26Cl2N2O4S. The van der Waals surface area contributed by atoms with Crippen LogP contribution >= 0.6 is 23.2 Å². The van der Waals surface area contributed by atoms with Gasteiger partial charge in [-0.05, 0) is 51.0 Å². The normalized spacial score (nSPS) is 13.7. The van der Waals surface area contributed by atoms with E-state index in [0.29, 0.717) is 5.56 Å². The summed E-state index contributed by atoms with van der Waals surface area (Å²) in [5.41, 5.74) is 1.47. The van der Waals surface area contributed by atoms with Gasteiger partial charge >= 0.3 is 10.1 Å². The number of rotatable bonds is 9. The Labute approximate surface area is 193 Å². The zero-order chi connectivity index (χ0) is 22.8. The van der Waals surface area contributed by atoms with Gasteiger partial charge in [0, 0.05) is 49.9 Å². The molecule has 1 fully saturated rings. The molecule has 1 amide bonds. The summed E-state index contributed by atoms with van der Waals surface area (Å²) in [6.45, 7) is 7.37. The Bertz CT molecular complexity index is 1070. The Hall–Kier alpha value is -1.96. The van der Waals surface area contributed by atoms with E-state index in [9.17, 15) is 13.2 Å². The lowest BCUT2D eigenvalue weighted by atomic mass is 10.1. The molecule has 9 heteroatoms. The molecule has 0 bridgehead atoms. The minimum Gasteiger partial charge on any atom is -0.379 e. The van der Waals surface area contributed by atoms with Crippen LogP contribution in [0.3, 0.4) is 0 Å². The second-order valence-electron chi connectivity index (χ2n) is 7.46. The molecule has 2 aromatic rings. The molecule has 1 saturated carbocycles. The van der Waals surface area contributed by atoms with E-state index in [0.717, 1.165) is 31.6 Å². The smallest absolute Gasteiger partial charge is 0.339 e. The highest BCUT2D eigenvalue weighted by molar-refractivity contribution is 7.87. The number of benzene rings is 2. The molecule has 0 radical (unpaired) electrons. The third kappa shape index (κ3) is 5.64. The molecule has 1 aliphatic rings. The van der Waals surface area contributed by atoms with Crippen LogP contribution in [-0.4, -0.2) is 38.4 Å². The molecule has 3 rings (SSSR count). The van der Waals surface area contributed by atoms with Crippen molar-refractivity contribution in [2.24, 2.45) is 0 Å². The maximum absolute atomic E-state index is 13.0. The minimum absolute atomic E-state index is 0.0476. The molecule has 168 valence electrons. The van der Waals surface area contributed by atoms with Crippen molar-refractivity contribution in [2.75, 3.05) is 18.0 Å². The molecule has 0 unspecified atom stereocenters. The van der Waals surface area contributed by atoms with Crippen molar-refractivity contribution < 1.29 is 17.4 Å². The SMILES string of the molecule is CCN(CC)c1ccc(CN(C(C)=O)C2CC2)c(OS(=O)(=O)c2ccc(Cl)c(Cl)c2)c1. The van der Waals surface area contributed by atoms with Crippen molar-refractivity contribution in [2.45, 2.75) is 51.1 Å². The first-order valence-corrected chi connectivity index (χ1v) is 12.4. The average molecular weight is 485 g/mol. The fourth-order valence-electron chi connectivity index (χ4n) is 3.40. The van der Waals surface area contributed by atoms with Crippen LogP contribution < -0.4 is 9.08 Å². The molecule has 31 heavy (non-hydrogen) atoms. The minimum atomic E-state index is -4.16. The van der Waals surface area contributed by atoms with Crippen LogP contribution in [0.2, 0.25) is 10.0 Å². The van der Waals surface area contributed by atoms with Crippen LogP contribution in [0.4, 0.5) is 5.69 Å². The summed E-state index contributed by atoms with van der Waals surface area (Å²) >= 11 is 11.9. The second kappa shape index (κ2) is 9.67. The second-order valence-corrected chi connectivity index (χ2v) is 9.82. The van der Waals surface area contributed by atoms with Gasteiger partial charge in [-0.2, -0.15) is 8.42 Å². The Morgan fingerprint density at radius 1 is 1.06 bits per heavy atom. The van der Waals surface area contributed by atoms with Crippen molar-refractivity contribution in [1.82, 2.24) is 4.90 Å². The first-order chi connectivity index (χ1) is 14.7. The summed E-state index contributed by atoms with van der Waals surface area (Å²) in [6.07, 6.45) is 1.91. The Balaban J connectivity index is 2.00. The highest BCUT2D eigenvalue weighted by Gasteiger charge is 2.32. The van der Waals surface area contributed by atoms with Gasteiger partial charge in [0.2, 0.25) is 5.91 Å². The topological polar surface area (TPSA) is 66.9 Å². The van der Waals surface area contributed by atoms with Gasteiger partial charge in [-0.25, -0.2) is 0 Å². The highest BCUT2D eigenvalue weighted by Crippen LogP contribution is 2.34. The van der Waals surface area contributed by atoms with E-state index in [4.69, 9.17) is 27.4 Å². The number of carbonyl (C=O) groups excluding carboxylic acids is 1. The molecule has 0 spiro atoms. The van der Waals surface area contributed by atoms with E-state index >= 15 is 0 Å². The lowest BCUT2D eigenvalue weighted by Gasteiger charge is -2.25. The summed E-state index contributed by atoms with van der Waals surface area (Å²) < 4.78 is 31.6. The van der Waals surface area contributed by atoms with Crippen LogP contribution in [-0.2, 0) is 21.5 Å². The number of anilines is 1. The summed E-state index contributed by atoms with van der Waals surface area (Å²) in [5.74, 6) is 0.149. The zero-order valence-electron chi connectivity index (χ0n) is 17.8. The van der Waals surface area contributed by atoms with Crippen LogP contribution in [0.25, 0.3) is 0 Å². The van der Waals surface area contributed by atoms with Gasteiger partial charge in [-0.1, -0.05) is 29.3 Å². The number of amides is 1. The maximum Gasteiger partial charge on any atom is 0.339 e. The first-order valence-electron chi connectivity index (χ1n) is 10.2. The Kier molecular flexibility index (Phi) is 7.39. The Morgan fingerprint density at radius 2 is 1.74 bits per heavy atom. The molecule has 2 aromatic carbocycles. The van der Waals surface area contributed by atoms with Crippen molar-refractivity contribution in [3.63, 3.8) is 0 Å². The van der Waals surface area contributed by atoms with Gasteiger partial charge in [0.1, 0.15) is 10.6 Å². The number of nitrogens with zero attached hydrogens (tertiary/aromatic N) is 2. The van der Waals surface area contributed by atoms with Gasteiger partial charge in [0.25, 0.3) is 0 Å². The first kappa shape index (κ1) is 23.7. The van der Waals surface area contributed by atoms with Crippen LogP contribution in [0.15, 0.2) is 41.3 Å². The van der Waals surface area contributed by atoms with E-state index in [2.05, 4.69) is 4.90 Å². The predicted octanol–water partition coefficient (Wildman–Crippen LogP) is 5.12. The van der Waals surface area contributed by atoms with Crippen molar-refractivity contribution in [3.05, 3.63) is 52.0 Å². The maximum atomic E-state index is 13.0. The summed E-state index contributed by atoms with van der Waals surface area (Å²) in [5, 5.41) is 0.381. The number of hydrogen-bond acceptors (Lipinski definition) is 5. The van der Waals surface area contributed by atoms with Crippen LogP contribution in [0.1, 0.15) is 39.2 Å². The number of carbonyl (C=O) groups is 1. The highest BCUT2D eigenvalue weighted by atomic mass is 35.5. The molecule has 0 saturated heterocycles. The third-order valence-corrected chi connectivity index (χ3v) is 7.26. The molecule has 0 heterocycles. The third-order valence-electron chi connectivity index (χ3n) is 5.29. The Morgan fingerprint density at radius 3 is 2.29 bits per heavy atom. The van der Waals surface area contributed by atoms with Crippen molar-refractivity contribution in [3.8, 4) is 5.75 Å². The number of halogens is 2. The molecule has 0 N–H and O–H groups in total. The van der Waals surface area contributed by atoms with E-state index in [1.54, 1.807) is 11.0 Å².